The van der Waals surface area contributed by atoms with Gasteiger partial charge < -0.3 is 5.73 Å². The van der Waals surface area contributed by atoms with Crippen LogP contribution in [0.4, 0.5) is 5.82 Å². The van der Waals surface area contributed by atoms with Crippen molar-refractivity contribution in [2.45, 2.75) is 19.9 Å². The third kappa shape index (κ3) is 1.60. The van der Waals surface area contributed by atoms with Crippen LogP contribution in [0.25, 0.3) is 0 Å². The summed E-state index contributed by atoms with van der Waals surface area (Å²) >= 11 is 1.58. The molecule has 0 amide bonds. The number of thiazole rings is 1. The summed E-state index contributed by atoms with van der Waals surface area (Å²) < 4.78 is 1.80. The second-order valence-electron chi connectivity index (χ2n) is 2.91. The molecule has 2 rings (SSSR count). The molecule has 2 aromatic rings. The summed E-state index contributed by atoms with van der Waals surface area (Å²) in [6.07, 6.45) is 0.836. The highest BCUT2D eigenvalue weighted by Crippen LogP contribution is 2.10. The van der Waals surface area contributed by atoms with Crippen molar-refractivity contribution in [3.05, 3.63) is 22.3 Å². The molecule has 0 bridgehead atoms. The van der Waals surface area contributed by atoms with Gasteiger partial charge in [-0.05, 0) is 6.42 Å². The molecule has 0 aliphatic carbocycles. The van der Waals surface area contributed by atoms with Gasteiger partial charge in [-0.25, -0.2) is 9.67 Å². The van der Waals surface area contributed by atoms with Crippen LogP contribution in [0.2, 0.25) is 0 Å². The van der Waals surface area contributed by atoms with E-state index in [0.29, 0.717) is 12.4 Å². The molecule has 0 unspecified atom stereocenters. The van der Waals surface area contributed by atoms with Crippen molar-refractivity contribution in [3.8, 4) is 0 Å². The molecule has 0 saturated carbocycles. The number of anilines is 1. The smallest absolute Gasteiger partial charge is 0.169 e. The van der Waals surface area contributed by atoms with Crippen LogP contribution in [-0.2, 0) is 13.0 Å². The number of aromatic nitrogens is 4. The maximum absolute atomic E-state index is 5.67. The van der Waals surface area contributed by atoms with Crippen molar-refractivity contribution >= 4 is 17.2 Å². The molecule has 2 aromatic heterocycles. The maximum Gasteiger partial charge on any atom is 0.169 e. The zero-order chi connectivity index (χ0) is 9.97. The lowest BCUT2D eigenvalue weighted by molar-refractivity contribution is 0.614. The van der Waals surface area contributed by atoms with Gasteiger partial charge in [0.2, 0.25) is 0 Å². The van der Waals surface area contributed by atoms with Gasteiger partial charge in [0.25, 0.3) is 0 Å². The van der Waals surface area contributed by atoms with Crippen LogP contribution < -0.4 is 5.73 Å². The van der Waals surface area contributed by atoms with Gasteiger partial charge in [-0.1, -0.05) is 12.1 Å². The third-order valence-electron chi connectivity index (χ3n) is 2.00. The van der Waals surface area contributed by atoms with Gasteiger partial charge in [-0.2, -0.15) is 0 Å². The highest BCUT2D eigenvalue weighted by Gasteiger charge is 2.08. The Morgan fingerprint density at radius 1 is 1.57 bits per heavy atom. The van der Waals surface area contributed by atoms with Crippen LogP contribution in [0, 0.1) is 0 Å². The number of nitrogens with zero attached hydrogens (tertiary/aromatic N) is 4. The predicted octanol–water partition coefficient (Wildman–Crippen LogP) is 0.927. The quantitative estimate of drug-likeness (QED) is 0.816. The van der Waals surface area contributed by atoms with Crippen LogP contribution in [0.1, 0.15) is 18.3 Å². The molecule has 0 radical (unpaired) electrons. The Balaban J connectivity index is 2.25. The minimum absolute atomic E-state index is 0.516. The van der Waals surface area contributed by atoms with E-state index in [1.807, 2.05) is 12.3 Å². The molecule has 2 N–H and O–H groups in total. The fourth-order valence-corrected chi connectivity index (χ4v) is 1.86. The Morgan fingerprint density at radius 3 is 3.07 bits per heavy atom. The van der Waals surface area contributed by atoms with Gasteiger partial charge in [-0.3, -0.25) is 0 Å². The Hall–Kier alpha value is -1.43. The molecule has 74 valence electrons. The molecule has 5 nitrogen and oxygen atoms in total. The van der Waals surface area contributed by atoms with Crippen LogP contribution in [0.5, 0.6) is 0 Å². The standard InChI is InChI=1S/C8H11N5S/c1-2-7-8(9)11-12-13(7)3-6-4-14-5-10-6/h4-5H,2-3,9H2,1H3. The molecule has 6 heteroatoms. The molecule has 14 heavy (non-hydrogen) atoms. The first-order valence-electron chi connectivity index (χ1n) is 4.36. The van der Waals surface area contributed by atoms with Crippen molar-refractivity contribution in [2.24, 2.45) is 0 Å². The summed E-state index contributed by atoms with van der Waals surface area (Å²) in [5, 5.41) is 9.80. The largest absolute Gasteiger partial charge is 0.381 e. The average molecular weight is 209 g/mol. The van der Waals surface area contributed by atoms with E-state index in [1.54, 1.807) is 21.5 Å². The normalized spacial score (nSPS) is 10.6. The van der Waals surface area contributed by atoms with E-state index >= 15 is 0 Å². The predicted molar refractivity (Wildman–Crippen MR) is 55.0 cm³/mol. The van der Waals surface area contributed by atoms with Crippen LogP contribution in [0.15, 0.2) is 10.9 Å². The number of hydrogen-bond acceptors (Lipinski definition) is 5. The second-order valence-corrected chi connectivity index (χ2v) is 3.63. The van der Waals surface area contributed by atoms with E-state index in [1.165, 1.54) is 0 Å². The van der Waals surface area contributed by atoms with E-state index in [9.17, 15) is 0 Å². The Labute approximate surface area is 85.6 Å². The fraction of sp³-hybridized carbons (Fsp3) is 0.375. The molecule has 0 saturated heterocycles. The van der Waals surface area contributed by atoms with Crippen LogP contribution in [-0.4, -0.2) is 20.0 Å². The number of nitrogen functional groups attached to an aromatic ring is 1. The van der Waals surface area contributed by atoms with Gasteiger partial charge >= 0.3 is 0 Å². The van der Waals surface area contributed by atoms with Gasteiger partial charge in [0.1, 0.15) is 0 Å². The zero-order valence-electron chi connectivity index (χ0n) is 7.84. The first-order valence-corrected chi connectivity index (χ1v) is 5.30. The lowest BCUT2D eigenvalue weighted by atomic mass is 10.3. The molecule has 2 heterocycles. The van der Waals surface area contributed by atoms with E-state index in [2.05, 4.69) is 15.3 Å². The lowest BCUT2D eigenvalue weighted by Crippen LogP contribution is -2.06. The number of hydrogen-bond donors (Lipinski definition) is 1. The summed E-state index contributed by atoms with van der Waals surface area (Å²) in [7, 11) is 0. The zero-order valence-corrected chi connectivity index (χ0v) is 8.66. The van der Waals surface area contributed by atoms with Crippen molar-refractivity contribution in [3.63, 3.8) is 0 Å². The van der Waals surface area contributed by atoms with E-state index in [4.69, 9.17) is 5.73 Å². The lowest BCUT2D eigenvalue weighted by Gasteiger charge is -2.01. The summed E-state index contributed by atoms with van der Waals surface area (Å²) in [4.78, 5) is 4.19. The highest BCUT2D eigenvalue weighted by atomic mass is 32.1. The SMILES string of the molecule is CCc1c(N)nnn1Cc1cscn1. The van der Waals surface area contributed by atoms with Crippen LogP contribution in [0.3, 0.4) is 0 Å². The van der Waals surface area contributed by atoms with E-state index < -0.39 is 0 Å². The minimum Gasteiger partial charge on any atom is -0.381 e. The molecule has 0 fully saturated rings. The second kappa shape index (κ2) is 3.75. The van der Waals surface area contributed by atoms with Crippen molar-refractivity contribution in [1.82, 2.24) is 20.0 Å². The van der Waals surface area contributed by atoms with Gasteiger partial charge in [0.15, 0.2) is 5.82 Å². The molecule has 0 aromatic carbocycles. The van der Waals surface area contributed by atoms with Gasteiger partial charge in [0, 0.05) is 5.38 Å². The third-order valence-corrected chi connectivity index (χ3v) is 2.63. The first kappa shape index (κ1) is 9.14. The van der Waals surface area contributed by atoms with E-state index in [0.717, 1.165) is 17.8 Å². The van der Waals surface area contributed by atoms with Gasteiger partial charge in [0.05, 0.1) is 23.4 Å². The van der Waals surface area contributed by atoms with Crippen molar-refractivity contribution < 1.29 is 0 Å². The number of nitrogens with two attached hydrogens (primary N) is 1. The molecule has 0 aliphatic rings. The molecular weight excluding hydrogens is 198 g/mol. The minimum atomic E-state index is 0.516. The molecule has 0 aliphatic heterocycles. The Kier molecular flexibility index (Phi) is 2.45. The Morgan fingerprint density at radius 2 is 2.43 bits per heavy atom. The molecular formula is C8H11N5S. The monoisotopic (exact) mass is 209 g/mol. The van der Waals surface area contributed by atoms with Crippen molar-refractivity contribution in [2.75, 3.05) is 5.73 Å². The molecule has 0 atom stereocenters. The highest BCUT2D eigenvalue weighted by molar-refractivity contribution is 7.07. The van der Waals surface area contributed by atoms with Crippen molar-refractivity contribution in [1.29, 1.82) is 0 Å². The molecule has 0 spiro atoms. The maximum atomic E-state index is 5.67. The summed E-state index contributed by atoms with van der Waals surface area (Å²) in [5.41, 5.74) is 9.44. The summed E-state index contributed by atoms with van der Waals surface area (Å²) in [5.74, 6) is 0.516. The fourth-order valence-electron chi connectivity index (χ4n) is 1.31. The number of rotatable bonds is 3. The van der Waals surface area contributed by atoms with Gasteiger partial charge in [-0.15, -0.1) is 16.4 Å². The summed E-state index contributed by atoms with van der Waals surface area (Å²) in [6, 6.07) is 0. The topological polar surface area (TPSA) is 69.6 Å². The van der Waals surface area contributed by atoms with Crippen LogP contribution >= 0.6 is 11.3 Å². The van der Waals surface area contributed by atoms with E-state index in [-0.39, 0.29) is 0 Å². The summed E-state index contributed by atoms with van der Waals surface area (Å²) in [6.45, 7) is 2.68. The Bertz CT molecular complexity index is 405. The average Bonchev–Trinajstić information content (AvgIpc) is 2.77. The first-order chi connectivity index (χ1) is 6.81.